The van der Waals surface area contributed by atoms with Gasteiger partial charge in [0.25, 0.3) is 0 Å². The van der Waals surface area contributed by atoms with Crippen LogP contribution >= 0.6 is 0 Å². The van der Waals surface area contributed by atoms with Gasteiger partial charge in [0.15, 0.2) is 0 Å². The molecule has 1 aliphatic heterocycles. The van der Waals surface area contributed by atoms with Gasteiger partial charge in [0.05, 0.1) is 16.7 Å². The van der Waals surface area contributed by atoms with E-state index < -0.39 is 40.5 Å². The highest BCUT2D eigenvalue weighted by molar-refractivity contribution is 6.45. The first-order valence-corrected chi connectivity index (χ1v) is 7.61. The molecule has 26 heavy (non-hydrogen) atoms. The predicted molar refractivity (Wildman–Crippen MR) is 88.2 cm³/mol. The highest BCUT2D eigenvalue weighted by Crippen LogP contribution is 2.38. The van der Waals surface area contributed by atoms with Crippen molar-refractivity contribution in [3.63, 3.8) is 0 Å². The lowest BCUT2D eigenvalue weighted by Gasteiger charge is -2.09. The topological polar surface area (TPSA) is 43.4 Å². The van der Waals surface area contributed by atoms with E-state index in [1.54, 1.807) is 42.5 Å². The van der Waals surface area contributed by atoms with Crippen LogP contribution in [0.5, 0.6) is 0 Å². The van der Waals surface area contributed by atoms with Crippen molar-refractivity contribution in [2.75, 3.05) is 0 Å². The Morgan fingerprint density at radius 3 is 2.08 bits per heavy atom. The Bertz CT molecular complexity index is 1100. The molecule has 3 aromatic carbocycles. The summed E-state index contributed by atoms with van der Waals surface area (Å²) in [5.41, 5.74) is -1.29. The van der Waals surface area contributed by atoms with Crippen LogP contribution in [0.2, 0.25) is 0 Å². The molecule has 0 fully saturated rings. The molecule has 128 valence electrons. The van der Waals surface area contributed by atoms with Gasteiger partial charge in [-0.25, -0.2) is 22.8 Å². The van der Waals surface area contributed by atoms with E-state index in [0.29, 0.717) is 23.1 Å². The van der Waals surface area contributed by atoms with E-state index in [4.69, 9.17) is 0 Å². The summed E-state index contributed by atoms with van der Waals surface area (Å²) in [5, 5.41) is 1.38. The van der Waals surface area contributed by atoms with Crippen molar-refractivity contribution < 1.29 is 27.5 Å². The molecule has 0 amide bonds. The normalized spacial score (nSPS) is 14.3. The molecule has 3 nitrogen and oxygen atoms in total. The predicted octanol–water partition coefficient (Wildman–Crippen LogP) is 4.25. The zero-order valence-electron chi connectivity index (χ0n) is 13.1. The molecular weight excluding hydrogens is 345 g/mol. The number of carbonyl (C=O) groups excluding carboxylic acids is 2. The Morgan fingerprint density at radius 2 is 1.35 bits per heavy atom. The van der Waals surface area contributed by atoms with Crippen LogP contribution in [-0.4, -0.2) is 11.9 Å². The van der Waals surface area contributed by atoms with Gasteiger partial charge < -0.3 is 4.74 Å². The number of esters is 2. The maximum absolute atomic E-state index is 14.2. The molecule has 0 aliphatic carbocycles. The number of fused-ring (bicyclic) bond motifs is 1. The Labute approximate surface area is 145 Å². The van der Waals surface area contributed by atoms with Gasteiger partial charge in [0.2, 0.25) is 0 Å². The van der Waals surface area contributed by atoms with Crippen LogP contribution in [0.4, 0.5) is 13.2 Å². The molecule has 0 aromatic heterocycles. The summed E-state index contributed by atoms with van der Waals surface area (Å²) in [5.74, 6) is -5.90. The molecule has 0 bridgehead atoms. The summed E-state index contributed by atoms with van der Waals surface area (Å²) in [4.78, 5) is 24.4. The van der Waals surface area contributed by atoms with E-state index in [1.165, 1.54) is 0 Å². The SMILES string of the molecule is O=C1OC(=O)C(c2cccc3ccccc23)=C1c1c(F)cc(F)cc1F. The maximum atomic E-state index is 14.2. The van der Waals surface area contributed by atoms with E-state index in [-0.39, 0.29) is 5.57 Å². The second-order valence-corrected chi connectivity index (χ2v) is 5.70. The number of carbonyl (C=O) groups is 2. The minimum atomic E-state index is -1.29. The van der Waals surface area contributed by atoms with Gasteiger partial charge in [-0.15, -0.1) is 0 Å². The van der Waals surface area contributed by atoms with Crippen molar-refractivity contribution in [2.24, 2.45) is 0 Å². The second-order valence-electron chi connectivity index (χ2n) is 5.70. The zero-order valence-corrected chi connectivity index (χ0v) is 13.1. The van der Waals surface area contributed by atoms with Gasteiger partial charge in [0.1, 0.15) is 17.5 Å². The Balaban J connectivity index is 2.09. The number of rotatable bonds is 2. The molecule has 0 saturated carbocycles. The fourth-order valence-corrected chi connectivity index (χ4v) is 3.09. The van der Waals surface area contributed by atoms with E-state index in [9.17, 15) is 22.8 Å². The first kappa shape index (κ1) is 16.1. The summed E-state index contributed by atoms with van der Waals surface area (Å²) >= 11 is 0. The van der Waals surface area contributed by atoms with Gasteiger partial charge in [-0.2, -0.15) is 0 Å². The average Bonchev–Trinajstić information content (AvgIpc) is 2.87. The molecule has 3 aromatic rings. The summed E-state index contributed by atoms with van der Waals surface area (Å²) in [6.07, 6.45) is 0. The van der Waals surface area contributed by atoms with E-state index in [2.05, 4.69) is 4.74 Å². The van der Waals surface area contributed by atoms with Crippen LogP contribution in [0.15, 0.2) is 54.6 Å². The fourth-order valence-electron chi connectivity index (χ4n) is 3.09. The van der Waals surface area contributed by atoms with Crippen LogP contribution in [0.3, 0.4) is 0 Å². The summed E-state index contributed by atoms with van der Waals surface area (Å²) in [6.45, 7) is 0. The lowest BCUT2D eigenvalue weighted by atomic mass is 9.92. The third-order valence-electron chi connectivity index (χ3n) is 4.16. The summed E-state index contributed by atoms with van der Waals surface area (Å²) in [6, 6.07) is 12.9. The van der Waals surface area contributed by atoms with Crippen LogP contribution in [-0.2, 0) is 14.3 Å². The Kier molecular flexibility index (Phi) is 3.61. The molecule has 0 atom stereocenters. The second kappa shape index (κ2) is 5.84. The molecule has 0 unspecified atom stereocenters. The van der Waals surface area contributed by atoms with Crippen molar-refractivity contribution in [1.29, 1.82) is 0 Å². The quantitative estimate of drug-likeness (QED) is 0.510. The van der Waals surface area contributed by atoms with Crippen LogP contribution in [0.1, 0.15) is 11.1 Å². The number of halogens is 3. The first-order valence-electron chi connectivity index (χ1n) is 7.61. The van der Waals surface area contributed by atoms with Crippen molar-refractivity contribution >= 4 is 33.9 Å². The smallest absolute Gasteiger partial charge is 0.347 e. The Morgan fingerprint density at radius 1 is 0.731 bits per heavy atom. The molecular formula is C20H9F3O3. The first-order chi connectivity index (χ1) is 12.5. The highest BCUT2D eigenvalue weighted by atomic mass is 19.1. The minimum Gasteiger partial charge on any atom is -0.386 e. The third kappa shape index (κ3) is 2.38. The molecule has 0 saturated heterocycles. The molecule has 0 N–H and O–H groups in total. The van der Waals surface area contributed by atoms with Gasteiger partial charge in [-0.05, 0) is 16.3 Å². The largest absolute Gasteiger partial charge is 0.386 e. The van der Waals surface area contributed by atoms with Crippen molar-refractivity contribution in [2.45, 2.75) is 0 Å². The molecule has 4 rings (SSSR count). The number of cyclic esters (lactones) is 2. The molecule has 1 heterocycles. The summed E-state index contributed by atoms with van der Waals surface area (Å²) in [7, 11) is 0. The lowest BCUT2D eigenvalue weighted by Crippen LogP contribution is -2.05. The summed E-state index contributed by atoms with van der Waals surface area (Å²) < 4.78 is 46.3. The number of hydrogen-bond acceptors (Lipinski definition) is 3. The zero-order chi connectivity index (χ0) is 18.4. The van der Waals surface area contributed by atoms with E-state index in [1.807, 2.05) is 0 Å². The Hall–Kier alpha value is -3.41. The van der Waals surface area contributed by atoms with Crippen LogP contribution in [0, 0.1) is 17.5 Å². The number of hydrogen-bond donors (Lipinski definition) is 0. The highest BCUT2D eigenvalue weighted by Gasteiger charge is 2.38. The minimum absolute atomic E-state index is 0.254. The molecule has 0 radical (unpaired) electrons. The molecule has 0 spiro atoms. The van der Waals surface area contributed by atoms with Gasteiger partial charge in [0, 0.05) is 12.1 Å². The van der Waals surface area contributed by atoms with Crippen LogP contribution < -0.4 is 0 Å². The third-order valence-corrected chi connectivity index (χ3v) is 4.16. The average molecular weight is 354 g/mol. The van der Waals surface area contributed by atoms with E-state index in [0.717, 1.165) is 5.39 Å². The van der Waals surface area contributed by atoms with Crippen molar-refractivity contribution in [3.8, 4) is 0 Å². The molecule has 1 aliphatic rings. The fraction of sp³-hybridized carbons (Fsp3) is 0. The molecule has 6 heteroatoms. The standard InChI is InChI=1S/C20H9F3O3/c21-11-8-14(22)17(15(23)9-11)18-16(19(24)26-20(18)25)13-7-3-5-10-4-1-2-6-12(10)13/h1-9H. The number of ether oxygens (including phenoxy) is 1. The van der Waals surface area contributed by atoms with Gasteiger partial charge in [-0.1, -0.05) is 42.5 Å². The number of benzene rings is 3. The van der Waals surface area contributed by atoms with Gasteiger partial charge >= 0.3 is 11.9 Å². The lowest BCUT2D eigenvalue weighted by molar-refractivity contribution is -0.149. The van der Waals surface area contributed by atoms with Crippen molar-refractivity contribution in [3.05, 3.63) is 83.2 Å². The van der Waals surface area contributed by atoms with E-state index >= 15 is 0 Å². The van der Waals surface area contributed by atoms with Crippen molar-refractivity contribution in [1.82, 2.24) is 0 Å². The van der Waals surface area contributed by atoms with Gasteiger partial charge in [-0.3, -0.25) is 0 Å². The van der Waals surface area contributed by atoms with Crippen LogP contribution in [0.25, 0.3) is 21.9 Å². The maximum Gasteiger partial charge on any atom is 0.347 e. The monoisotopic (exact) mass is 354 g/mol.